The van der Waals surface area contributed by atoms with Crippen molar-refractivity contribution in [1.29, 1.82) is 0 Å². The fraction of sp³-hybridized carbons (Fsp3) is 0.250. The molecule has 1 aromatic rings. The molecule has 0 radical (unpaired) electrons. The molecule has 0 heterocycles. The SMILES string of the molecule is Cc1ccc(C)cc1.[B+3].[Cl-].[Cl-].[Cl-]. The van der Waals surface area contributed by atoms with Gasteiger partial charge in [-0.2, -0.15) is 0 Å². The second kappa shape index (κ2) is 11.2. The Hall–Kier alpha value is 0.155. The smallest absolute Gasteiger partial charge is 1.00 e. The third-order valence-corrected chi connectivity index (χ3v) is 1.22. The summed E-state index contributed by atoms with van der Waals surface area (Å²) in [5.74, 6) is 0. The van der Waals surface area contributed by atoms with Crippen LogP contribution in [0.15, 0.2) is 24.3 Å². The summed E-state index contributed by atoms with van der Waals surface area (Å²) in [5, 5.41) is 0. The first-order valence-electron chi connectivity index (χ1n) is 2.82. The first kappa shape index (κ1) is 22.7. The molecule has 0 saturated heterocycles. The van der Waals surface area contributed by atoms with E-state index in [0.717, 1.165) is 0 Å². The topological polar surface area (TPSA) is 0 Å². The summed E-state index contributed by atoms with van der Waals surface area (Å²) in [5.41, 5.74) is 2.66. The van der Waals surface area contributed by atoms with E-state index in [1.807, 2.05) is 0 Å². The van der Waals surface area contributed by atoms with Crippen molar-refractivity contribution in [2.75, 3.05) is 0 Å². The van der Waals surface area contributed by atoms with Crippen LogP contribution >= 0.6 is 0 Å². The maximum absolute atomic E-state index is 2.12. The van der Waals surface area contributed by atoms with E-state index in [9.17, 15) is 0 Å². The normalized spacial score (nSPS) is 6.17. The van der Waals surface area contributed by atoms with Crippen molar-refractivity contribution in [1.82, 2.24) is 0 Å². The minimum Gasteiger partial charge on any atom is -1.00 e. The summed E-state index contributed by atoms with van der Waals surface area (Å²) in [6.45, 7) is 4.19. The minimum atomic E-state index is 0. The van der Waals surface area contributed by atoms with E-state index in [1.165, 1.54) is 11.1 Å². The molecule has 66 valence electrons. The molecule has 0 saturated carbocycles. The predicted molar refractivity (Wildman–Crippen MR) is 41.7 cm³/mol. The first-order chi connectivity index (χ1) is 3.79. The van der Waals surface area contributed by atoms with E-state index in [0.29, 0.717) is 0 Å². The van der Waals surface area contributed by atoms with E-state index in [4.69, 9.17) is 0 Å². The molecule has 0 unspecified atom stereocenters. The first-order valence-corrected chi connectivity index (χ1v) is 2.82. The molecule has 0 aliphatic rings. The molecule has 0 atom stereocenters. The Bertz CT molecular complexity index is 153. The number of benzene rings is 1. The van der Waals surface area contributed by atoms with E-state index in [-0.39, 0.29) is 45.6 Å². The van der Waals surface area contributed by atoms with Gasteiger partial charge in [0.05, 0.1) is 0 Å². The van der Waals surface area contributed by atoms with Crippen LogP contribution in [0.2, 0.25) is 0 Å². The summed E-state index contributed by atoms with van der Waals surface area (Å²) in [6, 6.07) is 8.48. The van der Waals surface area contributed by atoms with Crippen molar-refractivity contribution in [3.63, 3.8) is 0 Å². The van der Waals surface area contributed by atoms with Crippen LogP contribution in [0.4, 0.5) is 0 Å². The van der Waals surface area contributed by atoms with Crippen molar-refractivity contribution >= 4 is 8.41 Å². The molecule has 0 amide bonds. The van der Waals surface area contributed by atoms with Gasteiger partial charge in [0.2, 0.25) is 0 Å². The molecule has 1 rings (SSSR count). The summed E-state index contributed by atoms with van der Waals surface area (Å²) in [4.78, 5) is 0. The number of rotatable bonds is 0. The van der Waals surface area contributed by atoms with Crippen LogP contribution in [0.5, 0.6) is 0 Å². The van der Waals surface area contributed by atoms with Gasteiger partial charge in [0.15, 0.2) is 0 Å². The molecule has 0 bridgehead atoms. The van der Waals surface area contributed by atoms with Gasteiger partial charge >= 0.3 is 8.41 Å². The van der Waals surface area contributed by atoms with Gasteiger partial charge in [-0.15, -0.1) is 0 Å². The second-order valence-electron chi connectivity index (χ2n) is 2.15. The molecule has 0 N–H and O–H groups in total. The Kier molecular flexibility index (Phi) is 21.1. The van der Waals surface area contributed by atoms with Gasteiger partial charge in [-0.1, -0.05) is 35.4 Å². The van der Waals surface area contributed by atoms with E-state index >= 15 is 0 Å². The molecule has 4 heteroatoms. The van der Waals surface area contributed by atoms with Gasteiger partial charge in [-0.05, 0) is 13.8 Å². The van der Waals surface area contributed by atoms with E-state index < -0.39 is 0 Å². The fourth-order valence-corrected chi connectivity index (χ4v) is 0.637. The Labute approximate surface area is 94.9 Å². The Morgan fingerprint density at radius 1 is 0.667 bits per heavy atom. The molecular formula is C8H10BCl3. The quantitative estimate of drug-likeness (QED) is 0.384. The molecule has 0 nitrogen and oxygen atoms in total. The van der Waals surface area contributed by atoms with Crippen LogP contribution in [0.25, 0.3) is 0 Å². The number of halogens is 3. The molecule has 0 aromatic heterocycles. The van der Waals surface area contributed by atoms with Gasteiger partial charge in [-0.25, -0.2) is 0 Å². The number of hydrogen-bond acceptors (Lipinski definition) is 0. The standard InChI is InChI=1S/C8H10.B.3ClH/c1-7-3-5-8(2)6-4-7;;;;/h3-6H,1-2H3;;3*1H/q;+3;;;/p-3. The van der Waals surface area contributed by atoms with Crippen LogP contribution in [0.3, 0.4) is 0 Å². The average molecular weight is 223 g/mol. The Morgan fingerprint density at radius 2 is 0.833 bits per heavy atom. The molecule has 0 aliphatic heterocycles. The van der Waals surface area contributed by atoms with Crippen molar-refractivity contribution in [3.8, 4) is 0 Å². The monoisotopic (exact) mass is 222 g/mol. The summed E-state index contributed by atoms with van der Waals surface area (Å²) < 4.78 is 0. The molecule has 0 spiro atoms. The predicted octanol–water partition coefficient (Wildman–Crippen LogP) is -7.07. The van der Waals surface area contributed by atoms with E-state index in [2.05, 4.69) is 38.1 Å². The van der Waals surface area contributed by atoms with Crippen molar-refractivity contribution in [2.24, 2.45) is 0 Å². The number of aryl methyl sites for hydroxylation is 2. The summed E-state index contributed by atoms with van der Waals surface area (Å²) in [7, 11) is 0. The molecular weight excluding hydrogens is 213 g/mol. The number of hydrogen-bond donors (Lipinski definition) is 0. The maximum Gasteiger partial charge on any atom is 3.00 e. The van der Waals surface area contributed by atoms with Crippen LogP contribution in [0, 0.1) is 13.8 Å². The zero-order valence-corrected chi connectivity index (χ0v) is 9.29. The Morgan fingerprint density at radius 3 is 1.00 bits per heavy atom. The van der Waals surface area contributed by atoms with Gasteiger partial charge in [0.1, 0.15) is 0 Å². The van der Waals surface area contributed by atoms with Gasteiger partial charge in [0, 0.05) is 0 Å². The minimum absolute atomic E-state index is 0. The van der Waals surface area contributed by atoms with Crippen LogP contribution in [-0.2, 0) is 0 Å². The molecule has 0 fully saturated rings. The molecule has 0 aliphatic carbocycles. The van der Waals surface area contributed by atoms with Gasteiger partial charge in [0.25, 0.3) is 0 Å². The van der Waals surface area contributed by atoms with Gasteiger partial charge in [-0.3, -0.25) is 0 Å². The van der Waals surface area contributed by atoms with Crippen LogP contribution < -0.4 is 37.2 Å². The molecule has 12 heavy (non-hydrogen) atoms. The second-order valence-corrected chi connectivity index (χ2v) is 2.15. The van der Waals surface area contributed by atoms with Crippen molar-refractivity contribution < 1.29 is 37.2 Å². The van der Waals surface area contributed by atoms with Crippen molar-refractivity contribution in [2.45, 2.75) is 13.8 Å². The zero-order chi connectivity index (χ0) is 5.98. The maximum atomic E-state index is 2.12. The average Bonchev–Trinajstić information content (AvgIpc) is 1.77. The molecule has 1 aromatic carbocycles. The third kappa shape index (κ3) is 8.25. The van der Waals surface area contributed by atoms with Crippen LogP contribution in [-0.4, -0.2) is 8.41 Å². The third-order valence-electron chi connectivity index (χ3n) is 1.22. The van der Waals surface area contributed by atoms with Crippen LogP contribution in [0.1, 0.15) is 11.1 Å². The van der Waals surface area contributed by atoms with Gasteiger partial charge < -0.3 is 37.2 Å². The summed E-state index contributed by atoms with van der Waals surface area (Å²) >= 11 is 0. The fourth-order valence-electron chi connectivity index (χ4n) is 0.637. The largest absolute Gasteiger partial charge is 3.00 e. The summed E-state index contributed by atoms with van der Waals surface area (Å²) in [6.07, 6.45) is 0. The van der Waals surface area contributed by atoms with E-state index in [1.54, 1.807) is 0 Å². The Balaban J connectivity index is -0.0000000800. The van der Waals surface area contributed by atoms with Crippen molar-refractivity contribution in [3.05, 3.63) is 35.4 Å². The zero-order valence-electron chi connectivity index (χ0n) is 7.02.